The van der Waals surface area contributed by atoms with Crippen LogP contribution in [0, 0.1) is 0 Å². The van der Waals surface area contributed by atoms with Gasteiger partial charge in [0.15, 0.2) is 0 Å². The molecule has 0 saturated carbocycles. The highest BCUT2D eigenvalue weighted by molar-refractivity contribution is 6.23. The summed E-state index contributed by atoms with van der Waals surface area (Å²) in [5.74, 6) is 0. The van der Waals surface area contributed by atoms with Crippen LogP contribution in [-0.2, 0) is 0 Å². The number of benzene rings is 2. The molecular formula is C30H18N6. The molecule has 4 aromatic heterocycles. The van der Waals surface area contributed by atoms with Crippen molar-refractivity contribution < 1.29 is 0 Å². The van der Waals surface area contributed by atoms with Crippen molar-refractivity contribution >= 4 is 44.6 Å². The van der Waals surface area contributed by atoms with Gasteiger partial charge in [-0.15, -0.1) is 0 Å². The summed E-state index contributed by atoms with van der Waals surface area (Å²) in [6.45, 7) is 0. The lowest BCUT2D eigenvalue weighted by atomic mass is 9.98. The number of nitrogens with zero attached hydrogens (tertiary/aromatic N) is 6. The quantitative estimate of drug-likeness (QED) is 0.305. The molecule has 5 heterocycles. The summed E-state index contributed by atoms with van der Waals surface area (Å²) < 4.78 is 0. The number of aliphatic imine (C=N–C) groups is 2. The second-order valence-electron chi connectivity index (χ2n) is 8.54. The van der Waals surface area contributed by atoms with E-state index in [0.29, 0.717) is 0 Å². The Hall–Kier alpha value is -5.10. The van der Waals surface area contributed by atoms with Crippen LogP contribution in [0.1, 0.15) is 22.3 Å². The second-order valence-corrected chi connectivity index (χ2v) is 8.54. The molecule has 6 heteroatoms. The first-order chi connectivity index (χ1) is 17.8. The zero-order valence-corrected chi connectivity index (χ0v) is 19.1. The minimum Gasteiger partial charge on any atom is -0.264 e. The third-order valence-corrected chi connectivity index (χ3v) is 6.30. The first kappa shape index (κ1) is 20.3. The number of hydrogen-bond acceptors (Lipinski definition) is 6. The molecule has 0 amide bonds. The lowest BCUT2D eigenvalue weighted by Crippen LogP contribution is -2.11. The number of aromatic nitrogens is 4. The molecule has 1 aliphatic heterocycles. The SMILES string of the molecule is c1ccc2ncc(/C3=N/c4ccncc4/C(c4cnc5ccccc5c4)=N\c4ccncc43)cc2c1. The summed E-state index contributed by atoms with van der Waals surface area (Å²) in [5.41, 5.74) is 8.43. The van der Waals surface area contributed by atoms with Gasteiger partial charge in [-0.25, -0.2) is 9.98 Å². The van der Waals surface area contributed by atoms with Gasteiger partial charge in [0, 0.05) is 70.2 Å². The molecule has 7 rings (SSSR count). The lowest BCUT2D eigenvalue weighted by molar-refractivity contribution is 1.26. The van der Waals surface area contributed by atoms with Gasteiger partial charge >= 0.3 is 0 Å². The molecule has 1 aliphatic rings. The number of rotatable bonds is 2. The summed E-state index contributed by atoms with van der Waals surface area (Å²) in [6, 6.07) is 24.2. The molecule has 0 atom stereocenters. The number of pyridine rings is 4. The van der Waals surface area contributed by atoms with Crippen molar-refractivity contribution in [1.82, 2.24) is 19.9 Å². The van der Waals surface area contributed by atoms with Crippen molar-refractivity contribution in [3.05, 3.63) is 132 Å². The Bertz CT molecular complexity index is 1720. The Kier molecular flexibility index (Phi) is 4.67. The van der Waals surface area contributed by atoms with Crippen LogP contribution in [0.25, 0.3) is 21.8 Å². The molecular weight excluding hydrogens is 444 g/mol. The van der Waals surface area contributed by atoms with E-state index in [4.69, 9.17) is 9.98 Å². The van der Waals surface area contributed by atoms with Crippen LogP contribution in [-0.4, -0.2) is 31.4 Å². The van der Waals surface area contributed by atoms with E-state index in [1.54, 1.807) is 12.4 Å². The molecule has 0 saturated heterocycles. The van der Waals surface area contributed by atoms with Gasteiger partial charge in [0.2, 0.25) is 0 Å². The van der Waals surface area contributed by atoms with E-state index in [9.17, 15) is 0 Å². The summed E-state index contributed by atoms with van der Waals surface area (Å²) in [6.07, 6.45) is 10.8. The van der Waals surface area contributed by atoms with Crippen LogP contribution in [0.2, 0.25) is 0 Å². The van der Waals surface area contributed by atoms with Gasteiger partial charge in [-0.1, -0.05) is 36.4 Å². The fourth-order valence-electron chi connectivity index (χ4n) is 4.54. The van der Waals surface area contributed by atoms with Crippen LogP contribution >= 0.6 is 0 Å². The molecule has 2 aromatic carbocycles. The third kappa shape index (κ3) is 3.44. The Labute approximate surface area is 206 Å². The minimum absolute atomic E-state index is 0.767. The Morgan fingerprint density at radius 1 is 0.472 bits per heavy atom. The first-order valence-corrected chi connectivity index (χ1v) is 11.6. The maximum absolute atomic E-state index is 5.15. The van der Waals surface area contributed by atoms with E-state index in [1.165, 1.54) is 0 Å². The van der Waals surface area contributed by atoms with Gasteiger partial charge in [0.1, 0.15) is 0 Å². The second kappa shape index (κ2) is 8.29. The topological polar surface area (TPSA) is 76.3 Å². The highest BCUT2D eigenvalue weighted by Gasteiger charge is 2.21. The Morgan fingerprint density at radius 2 is 0.944 bits per heavy atom. The Morgan fingerprint density at radius 3 is 1.44 bits per heavy atom. The molecule has 168 valence electrons. The zero-order valence-electron chi connectivity index (χ0n) is 19.1. The van der Waals surface area contributed by atoms with Gasteiger partial charge in [-0.05, 0) is 36.4 Å². The average molecular weight is 463 g/mol. The Balaban J connectivity index is 1.48. The lowest BCUT2D eigenvalue weighted by Gasteiger charge is -2.17. The summed E-state index contributed by atoms with van der Waals surface area (Å²) in [4.78, 5) is 28.5. The number of para-hydroxylation sites is 2. The van der Waals surface area contributed by atoms with Crippen molar-refractivity contribution in [2.75, 3.05) is 0 Å². The third-order valence-electron chi connectivity index (χ3n) is 6.30. The highest BCUT2D eigenvalue weighted by Crippen LogP contribution is 2.33. The van der Waals surface area contributed by atoms with Crippen LogP contribution in [0.15, 0.2) is 120 Å². The zero-order chi connectivity index (χ0) is 23.9. The van der Waals surface area contributed by atoms with Gasteiger partial charge < -0.3 is 0 Å². The molecule has 0 fully saturated rings. The molecule has 0 bridgehead atoms. The summed E-state index contributed by atoms with van der Waals surface area (Å²) in [5, 5.41) is 2.10. The molecule has 36 heavy (non-hydrogen) atoms. The maximum atomic E-state index is 5.15. The van der Waals surface area contributed by atoms with Crippen molar-refractivity contribution in [3.8, 4) is 0 Å². The molecule has 0 unspecified atom stereocenters. The van der Waals surface area contributed by atoms with E-state index in [2.05, 4.69) is 44.2 Å². The van der Waals surface area contributed by atoms with Crippen molar-refractivity contribution in [3.63, 3.8) is 0 Å². The normalized spacial score (nSPS) is 15.7. The van der Waals surface area contributed by atoms with E-state index >= 15 is 0 Å². The van der Waals surface area contributed by atoms with Gasteiger partial charge in [-0.3, -0.25) is 19.9 Å². The first-order valence-electron chi connectivity index (χ1n) is 11.6. The summed E-state index contributed by atoms with van der Waals surface area (Å²) in [7, 11) is 0. The van der Waals surface area contributed by atoms with Crippen molar-refractivity contribution in [2.45, 2.75) is 0 Å². The molecule has 0 N–H and O–H groups in total. The minimum atomic E-state index is 0.767. The standard InChI is InChI=1S/C30H18N6/c1-3-7-25-19(5-1)13-21(15-33-25)29-23-17-31-11-9-27(23)36-30(24-18-32-12-10-28(24)35-29)22-14-20-6-2-4-8-26(20)34-16-22/h1-18H/b29-23?,30-24?,35-28?,35-29-,36-27?,36-30-. The predicted octanol–water partition coefficient (Wildman–Crippen LogP) is 6.22. The smallest absolute Gasteiger partial charge is 0.0834 e. The average Bonchev–Trinajstić information content (AvgIpc) is 2.94. The van der Waals surface area contributed by atoms with Gasteiger partial charge in [0.05, 0.1) is 33.8 Å². The highest BCUT2D eigenvalue weighted by atomic mass is 14.9. The molecule has 0 radical (unpaired) electrons. The molecule has 0 aliphatic carbocycles. The number of hydrogen-bond donors (Lipinski definition) is 0. The number of fused-ring (bicyclic) bond motifs is 4. The maximum Gasteiger partial charge on any atom is 0.0834 e. The molecule has 6 nitrogen and oxygen atoms in total. The van der Waals surface area contributed by atoms with Crippen LogP contribution in [0.4, 0.5) is 11.4 Å². The van der Waals surface area contributed by atoms with E-state index in [0.717, 1.165) is 66.9 Å². The fourth-order valence-corrected chi connectivity index (χ4v) is 4.54. The van der Waals surface area contributed by atoms with Gasteiger partial charge in [0.25, 0.3) is 0 Å². The van der Waals surface area contributed by atoms with Crippen molar-refractivity contribution in [2.24, 2.45) is 9.98 Å². The summed E-state index contributed by atoms with van der Waals surface area (Å²) >= 11 is 0. The van der Waals surface area contributed by atoms with Crippen LogP contribution < -0.4 is 0 Å². The fraction of sp³-hybridized carbons (Fsp3) is 0. The predicted molar refractivity (Wildman–Crippen MR) is 143 cm³/mol. The van der Waals surface area contributed by atoms with E-state index in [1.807, 2.05) is 73.3 Å². The monoisotopic (exact) mass is 462 g/mol. The molecule has 0 spiro atoms. The van der Waals surface area contributed by atoms with Crippen LogP contribution in [0.5, 0.6) is 0 Å². The van der Waals surface area contributed by atoms with Crippen molar-refractivity contribution in [1.29, 1.82) is 0 Å². The van der Waals surface area contributed by atoms with Crippen LogP contribution in [0.3, 0.4) is 0 Å². The van der Waals surface area contributed by atoms with E-state index in [-0.39, 0.29) is 0 Å². The van der Waals surface area contributed by atoms with E-state index < -0.39 is 0 Å². The largest absolute Gasteiger partial charge is 0.264 e. The van der Waals surface area contributed by atoms with Gasteiger partial charge in [-0.2, -0.15) is 0 Å². The molecule has 6 aromatic rings.